The van der Waals surface area contributed by atoms with Crippen LogP contribution in [0.4, 0.5) is 5.69 Å². The molecule has 3 aromatic carbocycles. The number of methoxy groups -OCH3 is 1. The molecule has 12 heteroatoms. The molecular weight excluding hydrogens is 534 g/mol. The maximum Gasteiger partial charge on any atom is 0.283 e. The van der Waals surface area contributed by atoms with Crippen LogP contribution < -0.4 is 14.2 Å². The minimum Gasteiger partial charge on any atom is -0.493 e. The lowest BCUT2D eigenvalue weighted by molar-refractivity contribution is -0.384. The monoisotopic (exact) mass is 557 g/mol. The molecule has 11 nitrogen and oxygen atoms in total. The summed E-state index contributed by atoms with van der Waals surface area (Å²) in [5.41, 5.74) is 2.72. The van der Waals surface area contributed by atoms with Crippen molar-refractivity contribution in [3.05, 3.63) is 99.1 Å². The molecule has 1 N–H and O–H groups in total. The summed E-state index contributed by atoms with van der Waals surface area (Å²) in [6, 6.07) is 18.8. The van der Waals surface area contributed by atoms with E-state index in [0.29, 0.717) is 33.0 Å². The standard InChI is InChI=1S/C28H23N5O6S/c1-17-3-6-19(7-4-17)27-31-32-25(29)22(26(34)30-28(32)40-27)15-18-5-12-23(24(16-18)37-2)39-14-13-38-21-10-8-20(9-11-21)33(35)36/h3-12,15-16,29H,13-14H2,1-2H3/b22-15+,29-25?. The quantitative estimate of drug-likeness (QED) is 0.167. The van der Waals surface area contributed by atoms with Crippen LogP contribution in [0.15, 0.2) is 82.4 Å². The third kappa shape index (κ3) is 5.71. The number of carbonyl (C=O) groups excluding carboxylic acids is 1. The molecule has 2 heterocycles. The Kier molecular flexibility index (Phi) is 7.60. The number of nitro benzene ring substituents is 1. The van der Waals surface area contributed by atoms with Crippen LogP contribution in [-0.4, -0.2) is 52.2 Å². The van der Waals surface area contributed by atoms with Gasteiger partial charge in [0.25, 0.3) is 11.6 Å². The van der Waals surface area contributed by atoms with Gasteiger partial charge < -0.3 is 14.2 Å². The van der Waals surface area contributed by atoms with Crippen molar-refractivity contribution in [3.8, 4) is 17.2 Å². The Labute approximate surface area is 233 Å². The number of amides is 1. The summed E-state index contributed by atoms with van der Waals surface area (Å²) < 4.78 is 16.8. The van der Waals surface area contributed by atoms with Crippen LogP contribution in [0.25, 0.3) is 6.08 Å². The average molecular weight is 558 g/mol. The molecule has 1 amide bonds. The highest BCUT2D eigenvalue weighted by Crippen LogP contribution is 2.33. The first-order valence-corrected chi connectivity index (χ1v) is 12.9. The summed E-state index contributed by atoms with van der Waals surface area (Å²) in [6.45, 7) is 2.40. The highest BCUT2D eigenvalue weighted by Gasteiger charge is 2.36. The molecule has 0 atom stereocenters. The normalized spacial score (nSPS) is 15.4. The maximum atomic E-state index is 12.8. The number of ether oxygens (including phenoxy) is 3. The number of nitro groups is 1. The van der Waals surface area contributed by atoms with Gasteiger partial charge in [-0.2, -0.15) is 15.1 Å². The molecule has 0 saturated carbocycles. The predicted molar refractivity (Wildman–Crippen MR) is 152 cm³/mol. The van der Waals surface area contributed by atoms with Gasteiger partial charge in [0.15, 0.2) is 17.3 Å². The molecule has 0 aliphatic carbocycles. The molecule has 0 spiro atoms. The van der Waals surface area contributed by atoms with Gasteiger partial charge in [-0.3, -0.25) is 20.3 Å². The Morgan fingerprint density at radius 3 is 2.45 bits per heavy atom. The molecular formula is C28H23N5O6S. The van der Waals surface area contributed by atoms with E-state index in [0.717, 1.165) is 11.1 Å². The fourth-order valence-electron chi connectivity index (χ4n) is 3.84. The van der Waals surface area contributed by atoms with E-state index in [9.17, 15) is 14.9 Å². The molecule has 0 bridgehead atoms. The number of fused-ring (bicyclic) bond motifs is 1. The molecule has 40 heavy (non-hydrogen) atoms. The van der Waals surface area contributed by atoms with E-state index in [-0.39, 0.29) is 30.3 Å². The summed E-state index contributed by atoms with van der Waals surface area (Å²) >= 11 is 1.25. The van der Waals surface area contributed by atoms with Gasteiger partial charge in [-0.05, 0) is 54.6 Å². The second-order valence-corrected chi connectivity index (χ2v) is 9.61. The van der Waals surface area contributed by atoms with E-state index in [2.05, 4.69) is 10.1 Å². The lowest BCUT2D eigenvalue weighted by Crippen LogP contribution is -2.35. The van der Waals surface area contributed by atoms with Crippen molar-refractivity contribution in [2.75, 3.05) is 20.3 Å². The number of benzene rings is 3. The second-order valence-electron chi connectivity index (χ2n) is 8.65. The van der Waals surface area contributed by atoms with Gasteiger partial charge in [0.1, 0.15) is 24.0 Å². The van der Waals surface area contributed by atoms with E-state index in [1.165, 1.54) is 48.1 Å². The number of carbonyl (C=O) groups is 1. The Morgan fingerprint density at radius 2 is 1.75 bits per heavy atom. The number of hydrogen-bond donors (Lipinski definition) is 1. The number of amidine groups is 2. The Hall–Kier alpha value is -4.97. The number of nitrogens with zero attached hydrogens (tertiary/aromatic N) is 4. The zero-order chi connectivity index (χ0) is 28.2. The first-order valence-electron chi connectivity index (χ1n) is 12.1. The van der Waals surface area contributed by atoms with Crippen molar-refractivity contribution in [2.24, 2.45) is 10.1 Å². The minimum absolute atomic E-state index is 0.0141. The zero-order valence-corrected chi connectivity index (χ0v) is 22.3. The number of non-ortho nitro benzene ring substituents is 1. The first kappa shape index (κ1) is 26.6. The molecule has 0 saturated heterocycles. The number of hydrogen-bond acceptors (Lipinski definition) is 9. The summed E-state index contributed by atoms with van der Waals surface area (Å²) in [5.74, 6) is 0.796. The van der Waals surface area contributed by atoms with E-state index in [1.54, 1.807) is 24.3 Å². The zero-order valence-electron chi connectivity index (χ0n) is 21.5. The smallest absolute Gasteiger partial charge is 0.283 e. The van der Waals surface area contributed by atoms with Gasteiger partial charge in [0.2, 0.25) is 5.17 Å². The number of nitrogens with one attached hydrogen (secondary N) is 1. The number of aryl methyl sites for hydroxylation is 1. The van der Waals surface area contributed by atoms with Crippen molar-refractivity contribution in [1.82, 2.24) is 5.01 Å². The van der Waals surface area contributed by atoms with Gasteiger partial charge in [-0.1, -0.05) is 35.9 Å². The van der Waals surface area contributed by atoms with Crippen LogP contribution in [0.2, 0.25) is 0 Å². The van der Waals surface area contributed by atoms with Gasteiger partial charge in [-0.25, -0.2) is 0 Å². The van der Waals surface area contributed by atoms with Crippen molar-refractivity contribution in [3.63, 3.8) is 0 Å². The average Bonchev–Trinajstić information content (AvgIpc) is 3.38. The molecule has 5 rings (SSSR count). The Morgan fingerprint density at radius 1 is 1.02 bits per heavy atom. The maximum absolute atomic E-state index is 12.8. The van der Waals surface area contributed by atoms with Crippen molar-refractivity contribution in [1.29, 1.82) is 5.41 Å². The van der Waals surface area contributed by atoms with Gasteiger partial charge in [0, 0.05) is 17.7 Å². The molecule has 2 aliphatic heterocycles. The van der Waals surface area contributed by atoms with E-state index in [1.807, 2.05) is 31.2 Å². The molecule has 3 aromatic rings. The first-order chi connectivity index (χ1) is 19.3. The lowest BCUT2D eigenvalue weighted by Gasteiger charge is -2.20. The van der Waals surface area contributed by atoms with E-state index < -0.39 is 10.8 Å². The van der Waals surface area contributed by atoms with Crippen LogP contribution in [0.3, 0.4) is 0 Å². The van der Waals surface area contributed by atoms with Crippen LogP contribution in [-0.2, 0) is 4.79 Å². The summed E-state index contributed by atoms with van der Waals surface area (Å²) in [5, 5.41) is 26.3. The molecule has 202 valence electrons. The van der Waals surface area contributed by atoms with Gasteiger partial charge >= 0.3 is 0 Å². The highest BCUT2D eigenvalue weighted by atomic mass is 32.2. The fourth-order valence-corrected chi connectivity index (χ4v) is 4.74. The van der Waals surface area contributed by atoms with E-state index >= 15 is 0 Å². The number of hydrazone groups is 1. The van der Waals surface area contributed by atoms with Gasteiger partial charge in [0.05, 0.1) is 17.6 Å². The summed E-state index contributed by atoms with van der Waals surface area (Å²) in [7, 11) is 1.50. The van der Waals surface area contributed by atoms with Crippen LogP contribution >= 0.6 is 11.8 Å². The van der Waals surface area contributed by atoms with Crippen LogP contribution in [0, 0.1) is 22.4 Å². The largest absolute Gasteiger partial charge is 0.493 e. The molecule has 0 unspecified atom stereocenters. The van der Waals surface area contributed by atoms with Crippen LogP contribution in [0.5, 0.6) is 17.2 Å². The lowest BCUT2D eigenvalue weighted by atomic mass is 10.1. The van der Waals surface area contributed by atoms with Crippen molar-refractivity contribution >= 4 is 45.5 Å². The SMILES string of the molecule is COc1cc(/C=C2\C(=N)N3N=C(c4ccc(C)cc4)SC3=NC2=O)ccc1OCCOc1ccc([N+](=O)[O-])cc1. The topological polar surface area (TPSA) is 140 Å². The molecule has 2 aliphatic rings. The minimum atomic E-state index is -0.521. The van der Waals surface area contributed by atoms with E-state index in [4.69, 9.17) is 19.6 Å². The second kappa shape index (κ2) is 11.4. The summed E-state index contributed by atoms with van der Waals surface area (Å²) in [6.07, 6.45) is 1.57. The number of aliphatic imine (C=N–C) groups is 1. The number of thioether (sulfide) groups is 1. The van der Waals surface area contributed by atoms with Crippen molar-refractivity contribution in [2.45, 2.75) is 6.92 Å². The van der Waals surface area contributed by atoms with Crippen LogP contribution in [0.1, 0.15) is 16.7 Å². The summed E-state index contributed by atoms with van der Waals surface area (Å²) in [4.78, 5) is 27.3. The highest BCUT2D eigenvalue weighted by molar-refractivity contribution is 8.27. The number of rotatable bonds is 9. The third-order valence-corrected chi connectivity index (χ3v) is 6.87. The van der Waals surface area contributed by atoms with Gasteiger partial charge in [-0.15, -0.1) is 0 Å². The molecule has 0 radical (unpaired) electrons. The van der Waals surface area contributed by atoms with Crippen molar-refractivity contribution < 1.29 is 23.9 Å². The molecule has 0 aromatic heterocycles. The molecule has 0 fully saturated rings. The predicted octanol–water partition coefficient (Wildman–Crippen LogP) is 5.04. The fraction of sp³-hybridized carbons (Fsp3) is 0.143. The Bertz CT molecular complexity index is 1580. The Balaban J connectivity index is 1.25. The third-order valence-electron chi connectivity index (χ3n) is 5.91.